The summed E-state index contributed by atoms with van der Waals surface area (Å²) in [5.41, 5.74) is 2.06. The number of ether oxygens (including phenoxy) is 1. The predicted octanol–water partition coefficient (Wildman–Crippen LogP) is 3.82. The molecule has 4 rings (SSSR count). The molecule has 3 aromatic heterocycles. The van der Waals surface area contributed by atoms with Gasteiger partial charge in [0.1, 0.15) is 17.3 Å². The first-order valence-electron chi connectivity index (χ1n) is 9.70. The molecule has 1 amide bonds. The van der Waals surface area contributed by atoms with Crippen LogP contribution in [0.2, 0.25) is 0 Å². The van der Waals surface area contributed by atoms with Gasteiger partial charge in [-0.15, -0.1) is 11.3 Å². The molecule has 3 heterocycles. The molecule has 0 saturated heterocycles. The Labute approximate surface area is 182 Å². The largest absolute Gasteiger partial charge is 0.496 e. The molecule has 0 atom stereocenters. The van der Waals surface area contributed by atoms with Gasteiger partial charge < -0.3 is 10.1 Å². The minimum absolute atomic E-state index is 0.222. The summed E-state index contributed by atoms with van der Waals surface area (Å²) in [6.45, 7) is 3.69. The van der Waals surface area contributed by atoms with Crippen LogP contribution in [-0.2, 0) is 6.42 Å². The van der Waals surface area contributed by atoms with Crippen molar-refractivity contribution >= 4 is 23.1 Å². The van der Waals surface area contributed by atoms with E-state index in [-0.39, 0.29) is 17.4 Å². The second-order valence-corrected chi connectivity index (χ2v) is 7.71. The van der Waals surface area contributed by atoms with Crippen LogP contribution in [0.3, 0.4) is 0 Å². The summed E-state index contributed by atoms with van der Waals surface area (Å²) < 4.78 is 6.74. The highest BCUT2D eigenvalue weighted by Gasteiger charge is 2.19. The summed E-state index contributed by atoms with van der Waals surface area (Å²) in [7, 11) is 1.51. The van der Waals surface area contributed by atoms with E-state index in [0.29, 0.717) is 40.5 Å². The van der Waals surface area contributed by atoms with Crippen molar-refractivity contribution in [2.45, 2.75) is 20.3 Å². The topological polar surface area (TPSA) is 102 Å². The van der Waals surface area contributed by atoms with Crippen LogP contribution >= 0.6 is 11.3 Å². The van der Waals surface area contributed by atoms with Gasteiger partial charge in [0.15, 0.2) is 0 Å². The summed E-state index contributed by atoms with van der Waals surface area (Å²) in [6, 6.07) is 12.6. The molecule has 4 aromatic rings. The zero-order valence-electron chi connectivity index (χ0n) is 17.3. The van der Waals surface area contributed by atoms with Gasteiger partial charge in [0, 0.05) is 17.3 Å². The molecule has 31 heavy (non-hydrogen) atoms. The van der Waals surface area contributed by atoms with E-state index in [9.17, 15) is 9.59 Å². The van der Waals surface area contributed by atoms with Crippen LogP contribution in [-0.4, -0.2) is 32.8 Å². The highest BCUT2D eigenvalue weighted by molar-refractivity contribution is 7.13. The molecule has 0 unspecified atom stereocenters. The number of aromatic amines is 1. The Hall–Kier alpha value is -3.72. The number of hydrogen-bond donors (Lipinski definition) is 2. The zero-order chi connectivity index (χ0) is 22.0. The number of nitrogens with one attached hydrogen (secondary N) is 2. The summed E-state index contributed by atoms with van der Waals surface area (Å²) in [5.74, 6) is 0.712. The summed E-state index contributed by atoms with van der Waals surface area (Å²) in [5, 5.41) is 9.42. The fraction of sp³-hybridized carbons (Fsp3) is 0.182. The molecule has 1 aromatic carbocycles. The van der Waals surface area contributed by atoms with Crippen molar-refractivity contribution in [1.29, 1.82) is 0 Å². The van der Waals surface area contributed by atoms with E-state index in [2.05, 4.69) is 20.4 Å². The van der Waals surface area contributed by atoms with Gasteiger partial charge in [0.05, 0.1) is 17.6 Å². The Balaban J connectivity index is 1.80. The SMILES string of the molecule is CCc1c(C)nc(-n2nc(-c3cccs3)cc2NC(=O)c2ccccc2OC)[nH]c1=O. The van der Waals surface area contributed by atoms with Gasteiger partial charge in [0.2, 0.25) is 5.95 Å². The third-order valence-electron chi connectivity index (χ3n) is 4.84. The van der Waals surface area contributed by atoms with Gasteiger partial charge in [0.25, 0.3) is 11.5 Å². The maximum absolute atomic E-state index is 13.0. The molecule has 0 fully saturated rings. The Morgan fingerprint density at radius 1 is 1.26 bits per heavy atom. The second-order valence-electron chi connectivity index (χ2n) is 6.77. The molecule has 0 radical (unpaired) electrons. The first-order valence-corrected chi connectivity index (χ1v) is 10.6. The highest BCUT2D eigenvalue weighted by Crippen LogP contribution is 2.28. The van der Waals surface area contributed by atoms with Crippen LogP contribution in [0.5, 0.6) is 5.75 Å². The number of H-pyrrole nitrogens is 1. The number of carbonyl (C=O) groups excluding carboxylic acids is 1. The normalized spacial score (nSPS) is 10.8. The quantitative estimate of drug-likeness (QED) is 0.479. The van der Waals surface area contributed by atoms with Crippen LogP contribution in [0.1, 0.15) is 28.5 Å². The Morgan fingerprint density at radius 2 is 2.06 bits per heavy atom. The molecule has 2 N–H and O–H groups in total. The fourth-order valence-corrected chi connectivity index (χ4v) is 3.99. The van der Waals surface area contributed by atoms with Crippen molar-refractivity contribution in [3.63, 3.8) is 0 Å². The smallest absolute Gasteiger partial charge is 0.260 e. The minimum atomic E-state index is -0.361. The molecule has 0 spiro atoms. The first kappa shape index (κ1) is 20.5. The number of carbonyl (C=O) groups is 1. The number of para-hydroxylation sites is 1. The highest BCUT2D eigenvalue weighted by atomic mass is 32.1. The summed E-state index contributed by atoms with van der Waals surface area (Å²) >= 11 is 1.53. The van der Waals surface area contributed by atoms with Crippen LogP contribution in [0.25, 0.3) is 16.5 Å². The number of benzene rings is 1. The Morgan fingerprint density at radius 3 is 2.74 bits per heavy atom. The van der Waals surface area contributed by atoms with Crippen molar-refractivity contribution < 1.29 is 9.53 Å². The Bertz CT molecular complexity index is 1290. The lowest BCUT2D eigenvalue weighted by molar-refractivity contribution is 0.102. The predicted molar refractivity (Wildman–Crippen MR) is 120 cm³/mol. The number of aryl methyl sites for hydroxylation is 1. The third kappa shape index (κ3) is 3.99. The molecule has 0 aliphatic carbocycles. The van der Waals surface area contributed by atoms with Gasteiger partial charge in [-0.1, -0.05) is 25.1 Å². The third-order valence-corrected chi connectivity index (χ3v) is 5.73. The van der Waals surface area contributed by atoms with Gasteiger partial charge in [-0.05, 0) is 36.9 Å². The maximum Gasteiger partial charge on any atom is 0.260 e. The van der Waals surface area contributed by atoms with Crippen LogP contribution < -0.4 is 15.6 Å². The monoisotopic (exact) mass is 435 g/mol. The van der Waals surface area contributed by atoms with Crippen LogP contribution in [0.15, 0.2) is 52.6 Å². The van der Waals surface area contributed by atoms with E-state index < -0.39 is 0 Å². The molecule has 9 heteroatoms. The zero-order valence-corrected chi connectivity index (χ0v) is 18.1. The first-order chi connectivity index (χ1) is 15.0. The number of anilines is 1. The molecule has 0 bridgehead atoms. The van der Waals surface area contributed by atoms with Crippen molar-refractivity contribution in [2.75, 3.05) is 12.4 Å². The van der Waals surface area contributed by atoms with Gasteiger partial charge in [-0.3, -0.25) is 14.6 Å². The number of hydrogen-bond acceptors (Lipinski definition) is 6. The number of nitrogens with zero attached hydrogens (tertiary/aromatic N) is 3. The van der Waals surface area contributed by atoms with E-state index in [1.165, 1.54) is 23.1 Å². The van der Waals surface area contributed by atoms with E-state index >= 15 is 0 Å². The average Bonchev–Trinajstić information content (AvgIpc) is 3.43. The van der Waals surface area contributed by atoms with E-state index in [4.69, 9.17) is 4.74 Å². The fourth-order valence-electron chi connectivity index (χ4n) is 3.30. The van der Waals surface area contributed by atoms with Gasteiger partial charge >= 0.3 is 0 Å². The molecular weight excluding hydrogens is 414 g/mol. The molecule has 8 nitrogen and oxygen atoms in total. The maximum atomic E-state index is 13.0. The van der Waals surface area contributed by atoms with Crippen molar-refractivity contribution in [3.8, 4) is 22.3 Å². The lowest BCUT2D eigenvalue weighted by Crippen LogP contribution is -2.22. The minimum Gasteiger partial charge on any atom is -0.496 e. The van der Waals surface area contributed by atoms with E-state index in [1.54, 1.807) is 37.3 Å². The van der Waals surface area contributed by atoms with E-state index in [1.807, 2.05) is 24.4 Å². The van der Waals surface area contributed by atoms with Crippen molar-refractivity contribution in [3.05, 3.63) is 75.0 Å². The van der Waals surface area contributed by atoms with Gasteiger partial charge in [-0.25, -0.2) is 4.98 Å². The summed E-state index contributed by atoms with van der Waals surface area (Å²) in [6.07, 6.45) is 0.575. The van der Waals surface area contributed by atoms with E-state index in [0.717, 1.165) is 4.88 Å². The summed E-state index contributed by atoms with van der Waals surface area (Å²) in [4.78, 5) is 33.7. The molecular formula is C22H21N5O3S. The second kappa shape index (κ2) is 8.57. The molecule has 0 aliphatic rings. The lowest BCUT2D eigenvalue weighted by atomic mass is 10.2. The van der Waals surface area contributed by atoms with Crippen LogP contribution in [0, 0.1) is 6.92 Å². The standard InChI is InChI=1S/C22H21N5O3S/c1-4-14-13(2)23-22(25-20(14)28)27-19(12-16(26-27)18-10-7-11-31-18)24-21(29)15-8-5-6-9-17(15)30-3/h5-12H,4H2,1-3H3,(H,24,29)(H,23,25,28). The molecule has 158 valence electrons. The number of thiophene rings is 1. The molecule has 0 aliphatic heterocycles. The average molecular weight is 436 g/mol. The van der Waals surface area contributed by atoms with Crippen LogP contribution in [0.4, 0.5) is 5.82 Å². The number of amides is 1. The van der Waals surface area contributed by atoms with Crippen molar-refractivity contribution in [1.82, 2.24) is 19.7 Å². The number of aromatic nitrogens is 4. The Kier molecular flexibility index (Phi) is 5.68. The number of methoxy groups -OCH3 is 1. The van der Waals surface area contributed by atoms with Crippen molar-refractivity contribution in [2.24, 2.45) is 0 Å². The van der Waals surface area contributed by atoms with Gasteiger partial charge in [-0.2, -0.15) is 9.78 Å². The number of rotatable bonds is 6. The molecule has 0 saturated carbocycles. The lowest BCUT2D eigenvalue weighted by Gasteiger charge is -2.11.